The molecule has 1 spiro atoms. The first-order chi connectivity index (χ1) is 7.11. The van der Waals surface area contributed by atoms with Crippen molar-refractivity contribution in [1.29, 1.82) is 0 Å². The lowest BCUT2D eigenvalue weighted by atomic mass is 10.0. The zero-order valence-electron chi connectivity index (χ0n) is 8.27. The maximum absolute atomic E-state index is 11.4. The number of carboxylic acid groups (broad SMARTS) is 1. The van der Waals surface area contributed by atoms with Crippen LogP contribution in [0.1, 0.15) is 12.8 Å². The van der Waals surface area contributed by atoms with E-state index in [2.05, 4.69) is 0 Å². The molecule has 84 valence electrons. The molecular weight excluding hydrogens is 218 g/mol. The van der Waals surface area contributed by atoms with E-state index in [-0.39, 0.29) is 24.7 Å². The summed E-state index contributed by atoms with van der Waals surface area (Å²) < 4.78 is 5.33. The van der Waals surface area contributed by atoms with E-state index in [1.54, 1.807) is 11.8 Å². The van der Waals surface area contributed by atoms with Crippen LogP contribution in [0.4, 0.5) is 4.79 Å². The van der Waals surface area contributed by atoms with Crippen LogP contribution in [0.5, 0.6) is 0 Å². The minimum absolute atomic E-state index is 0.0156. The number of aliphatic carboxylic acids is 1. The van der Waals surface area contributed by atoms with Crippen molar-refractivity contribution in [2.45, 2.75) is 18.4 Å². The number of thioether (sulfide) groups is 1. The van der Waals surface area contributed by atoms with Crippen LogP contribution in [0.15, 0.2) is 0 Å². The van der Waals surface area contributed by atoms with Crippen LogP contribution in [0.25, 0.3) is 0 Å². The fourth-order valence-electron chi connectivity index (χ4n) is 1.89. The van der Waals surface area contributed by atoms with Gasteiger partial charge in [0.2, 0.25) is 0 Å². The molecule has 0 aromatic rings. The van der Waals surface area contributed by atoms with Gasteiger partial charge in [0.1, 0.15) is 5.60 Å². The maximum Gasteiger partial charge on any atom is 0.410 e. The zero-order chi connectivity index (χ0) is 10.9. The number of rotatable bonds is 3. The van der Waals surface area contributed by atoms with Gasteiger partial charge in [-0.05, 0) is 12.2 Å². The molecule has 0 aliphatic carbocycles. The highest BCUT2D eigenvalue weighted by atomic mass is 32.2. The van der Waals surface area contributed by atoms with Gasteiger partial charge in [0.15, 0.2) is 0 Å². The average molecular weight is 231 g/mol. The van der Waals surface area contributed by atoms with Gasteiger partial charge in [-0.2, -0.15) is 11.8 Å². The molecule has 2 fully saturated rings. The van der Waals surface area contributed by atoms with Crippen LogP contribution in [0.2, 0.25) is 0 Å². The number of carboxylic acids is 1. The molecule has 2 aliphatic rings. The highest BCUT2D eigenvalue weighted by Crippen LogP contribution is 2.36. The molecule has 1 N–H and O–H groups in total. The number of amides is 1. The van der Waals surface area contributed by atoms with Crippen LogP contribution in [0.3, 0.4) is 0 Å². The second-order valence-electron chi connectivity index (χ2n) is 3.92. The van der Waals surface area contributed by atoms with Gasteiger partial charge in [0.25, 0.3) is 0 Å². The predicted octanol–water partition coefficient (Wildman–Crippen LogP) is 0.789. The van der Waals surface area contributed by atoms with Crippen molar-refractivity contribution in [3.63, 3.8) is 0 Å². The van der Waals surface area contributed by atoms with Gasteiger partial charge < -0.3 is 14.7 Å². The number of ether oxygens (including phenoxy) is 1. The van der Waals surface area contributed by atoms with Gasteiger partial charge in [0.05, 0.1) is 13.0 Å². The average Bonchev–Trinajstić information content (AvgIpc) is 2.72. The van der Waals surface area contributed by atoms with Crippen molar-refractivity contribution >= 4 is 23.8 Å². The number of carbonyl (C=O) groups is 2. The Morgan fingerprint density at radius 3 is 3.07 bits per heavy atom. The molecule has 2 saturated heterocycles. The highest BCUT2D eigenvalue weighted by molar-refractivity contribution is 7.99. The maximum atomic E-state index is 11.4. The van der Waals surface area contributed by atoms with E-state index in [0.717, 1.165) is 17.9 Å². The first-order valence-corrected chi connectivity index (χ1v) is 6.04. The summed E-state index contributed by atoms with van der Waals surface area (Å²) in [6, 6.07) is 0. The van der Waals surface area contributed by atoms with Gasteiger partial charge in [-0.1, -0.05) is 0 Å². The second kappa shape index (κ2) is 3.92. The third-order valence-corrected chi connectivity index (χ3v) is 3.93. The summed E-state index contributed by atoms with van der Waals surface area (Å²) in [7, 11) is 0. The lowest BCUT2D eigenvalue weighted by Gasteiger charge is -2.18. The Kier molecular flexibility index (Phi) is 2.77. The predicted molar refractivity (Wildman–Crippen MR) is 55.0 cm³/mol. The molecule has 0 saturated carbocycles. The molecule has 1 atom stereocenters. The molecule has 6 heteroatoms. The van der Waals surface area contributed by atoms with Crippen molar-refractivity contribution in [3.05, 3.63) is 0 Å². The fraction of sp³-hybridized carbons (Fsp3) is 0.778. The van der Waals surface area contributed by atoms with Crippen molar-refractivity contribution in [1.82, 2.24) is 4.90 Å². The van der Waals surface area contributed by atoms with E-state index >= 15 is 0 Å². The van der Waals surface area contributed by atoms with Crippen molar-refractivity contribution in [2.75, 3.05) is 24.6 Å². The minimum Gasteiger partial charge on any atom is -0.481 e. The second-order valence-corrected chi connectivity index (χ2v) is 5.02. The highest BCUT2D eigenvalue weighted by Gasteiger charge is 2.47. The molecule has 1 unspecified atom stereocenters. The molecule has 1 amide bonds. The van der Waals surface area contributed by atoms with Crippen molar-refractivity contribution < 1.29 is 19.4 Å². The minimum atomic E-state index is -0.885. The summed E-state index contributed by atoms with van der Waals surface area (Å²) in [6.45, 7) is 0.798. The first kappa shape index (κ1) is 10.6. The summed E-state index contributed by atoms with van der Waals surface area (Å²) in [5.74, 6) is 0.965. The third-order valence-electron chi connectivity index (χ3n) is 2.70. The van der Waals surface area contributed by atoms with E-state index in [1.807, 2.05) is 0 Å². The lowest BCUT2D eigenvalue weighted by Crippen LogP contribution is -2.35. The summed E-state index contributed by atoms with van der Waals surface area (Å²) in [6.07, 6.45) is 0.504. The smallest absolute Gasteiger partial charge is 0.410 e. The van der Waals surface area contributed by atoms with E-state index in [9.17, 15) is 9.59 Å². The van der Waals surface area contributed by atoms with E-state index in [4.69, 9.17) is 9.84 Å². The van der Waals surface area contributed by atoms with Gasteiger partial charge in [0, 0.05) is 12.3 Å². The Morgan fingerprint density at radius 1 is 1.67 bits per heavy atom. The van der Waals surface area contributed by atoms with Crippen molar-refractivity contribution in [3.8, 4) is 0 Å². The van der Waals surface area contributed by atoms with Crippen molar-refractivity contribution in [2.24, 2.45) is 0 Å². The topological polar surface area (TPSA) is 66.8 Å². The number of hydrogen-bond donors (Lipinski definition) is 1. The van der Waals surface area contributed by atoms with E-state index in [1.165, 1.54) is 4.90 Å². The Labute approximate surface area is 91.8 Å². The van der Waals surface area contributed by atoms with Gasteiger partial charge in [-0.25, -0.2) is 4.79 Å². The molecule has 0 aromatic heterocycles. The van der Waals surface area contributed by atoms with Crippen LogP contribution in [0, 0.1) is 0 Å². The number of carbonyl (C=O) groups excluding carboxylic acids is 1. The summed E-state index contributed by atoms with van der Waals surface area (Å²) >= 11 is 1.78. The van der Waals surface area contributed by atoms with Crippen LogP contribution in [-0.2, 0) is 9.53 Å². The summed E-state index contributed by atoms with van der Waals surface area (Å²) in [4.78, 5) is 23.3. The monoisotopic (exact) mass is 231 g/mol. The van der Waals surface area contributed by atoms with E-state index in [0.29, 0.717) is 6.54 Å². The molecule has 2 heterocycles. The van der Waals surface area contributed by atoms with Gasteiger partial charge >= 0.3 is 12.1 Å². The Morgan fingerprint density at radius 2 is 2.47 bits per heavy atom. The Hall–Kier alpha value is -0.910. The first-order valence-electron chi connectivity index (χ1n) is 4.89. The number of nitrogens with zero attached hydrogens (tertiary/aromatic N) is 1. The molecule has 0 bridgehead atoms. The third kappa shape index (κ3) is 2.19. The standard InChI is InChI=1S/C9H13NO4S/c11-7(12)1-3-10-5-9(14-8(10)13)2-4-15-6-9/h1-6H2,(H,11,12). The molecule has 0 radical (unpaired) electrons. The normalized spacial score (nSPS) is 29.9. The molecule has 2 aliphatic heterocycles. The summed E-state index contributed by atoms with van der Waals surface area (Å²) in [5, 5.41) is 8.53. The molecule has 2 rings (SSSR count). The molecule has 5 nitrogen and oxygen atoms in total. The van der Waals surface area contributed by atoms with Crippen LogP contribution in [-0.4, -0.2) is 52.3 Å². The van der Waals surface area contributed by atoms with Crippen LogP contribution >= 0.6 is 11.8 Å². The van der Waals surface area contributed by atoms with Gasteiger partial charge in [-0.15, -0.1) is 0 Å². The Balaban J connectivity index is 1.92. The summed E-state index contributed by atoms with van der Waals surface area (Å²) in [5.41, 5.74) is -0.333. The quantitative estimate of drug-likeness (QED) is 0.777. The molecular formula is C9H13NO4S. The Bertz CT molecular complexity index is 288. The largest absolute Gasteiger partial charge is 0.481 e. The molecule has 15 heavy (non-hydrogen) atoms. The number of hydrogen-bond acceptors (Lipinski definition) is 4. The van der Waals surface area contributed by atoms with Gasteiger partial charge in [-0.3, -0.25) is 4.79 Å². The molecule has 0 aromatic carbocycles. The fourth-order valence-corrected chi connectivity index (χ4v) is 3.22. The lowest BCUT2D eigenvalue weighted by molar-refractivity contribution is -0.137. The van der Waals surface area contributed by atoms with E-state index < -0.39 is 5.97 Å². The zero-order valence-corrected chi connectivity index (χ0v) is 9.09. The van der Waals surface area contributed by atoms with Crippen LogP contribution < -0.4 is 0 Å². The SMILES string of the molecule is O=C(O)CCN1CC2(CCSC2)OC1=O.